The maximum atomic E-state index is 5.66. The Labute approximate surface area is 166 Å². The Bertz CT molecular complexity index is 905. The normalized spacial score (nSPS) is 16.1. The Hall–Kier alpha value is -2.47. The van der Waals surface area contributed by atoms with Gasteiger partial charge in [0.25, 0.3) is 0 Å². The van der Waals surface area contributed by atoms with Gasteiger partial charge >= 0.3 is 0 Å². The summed E-state index contributed by atoms with van der Waals surface area (Å²) < 4.78 is 7.82. The molecule has 28 heavy (non-hydrogen) atoms. The Morgan fingerprint density at radius 1 is 1.14 bits per heavy atom. The van der Waals surface area contributed by atoms with E-state index in [1.54, 1.807) is 0 Å². The van der Waals surface area contributed by atoms with Gasteiger partial charge in [-0.1, -0.05) is 47.8 Å². The maximum Gasteiger partial charge on any atom is 0.240 e. The zero-order chi connectivity index (χ0) is 19.6. The number of aryl methyl sites for hydroxylation is 2. The first kappa shape index (κ1) is 18.9. The van der Waals surface area contributed by atoms with E-state index in [1.807, 2.05) is 12.4 Å². The third-order valence-corrected chi connectivity index (χ3v) is 5.92. The van der Waals surface area contributed by atoms with Gasteiger partial charge in [-0.3, -0.25) is 4.90 Å². The molecule has 1 aromatic carbocycles. The molecule has 4 rings (SSSR count). The van der Waals surface area contributed by atoms with E-state index in [9.17, 15) is 0 Å². The van der Waals surface area contributed by atoms with Crippen molar-refractivity contribution in [2.45, 2.75) is 64.6 Å². The van der Waals surface area contributed by atoms with Crippen molar-refractivity contribution < 1.29 is 4.52 Å². The second-order valence-electron chi connectivity index (χ2n) is 7.97. The van der Waals surface area contributed by atoms with Crippen LogP contribution in [0.4, 0.5) is 0 Å². The first-order chi connectivity index (χ1) is 13.6. The minimum absolute atomic E-state index is 0.105. The van der Waals surface area contributed by atoms with Crippen LogP contribution in [0.5, 0.6) is 0 Å². The van der Waals surface area contributed by atoms with Gasteiger partial charge in [0.1, 0.15) is 5.82 Å². The van der Waals surface area contributed by atoms with Crippen molar-refractivity contribution in [2.24, 2.45) is 0 Å². The number of aromatic nitrogens is 4. The smallest absolute Gasteiger partial charge is 0.240 e. The zero-order valence-electron chi connectivity index (χ0n) is 17.1. The molecule has 0 bridgehead atoms. The highest BCUT2D eigenvalue weighted by atomic mass is 16.5. The van der Waals surface area contributed by atoms with E-state index in [4.69, 9.17) is 9.51 Å². The molecular weight excluding hydrogens is 350 g/mol. The Kier molecular flexibility index (Phi) is 5.31. The predicted molar refractivity (Wildman–Crippen MR) is 108 cm³/mol. The Balaban J connectivity index is 1.51. The lowest BCUT2D eigenvalue weighted by molar-refractivity contribution is 0.252. The average Bonchev–Trinajstić information content (AvgIpc) is 3.43. The molecule has 2 aromatic heterocycles. The highest BCUT2D eigenvalue weighted by Crippen LogP contribution is 2.45. The van der Waals surface area contributed by atoms with Crippen molar-refractivity contribution in [1.82, 2.24) is 24.6 Å². The van der Waals surface area contributed by atoms with Gasteiger partial charge in [0.05, 0.1) is 18.5 Å². The molecule has 0 amide bonds. The van der Waals surface area contributed by atoms with E-state index >= 15 is 0 Å². The van der Waals surface area contributed by atoms with Gasteiger partial charge in [0.15, 0.2) is 5.82 Å². The van der Waals surface area contributed by atoms with Gasteiger partial charge < -0.3 is 9.09 Å². The number of rotatable bonds is 7. The van der Waals surface area contributed by atoms with Gasteiger partial charge in [-0.05, 0) is 39.3 Å². The molecule has 0 radical (unpaired) electrons. The summed E-state index contributed by atoms with van der Waals surface area (Å²) in [5, 5.41) is 4.42. The fourth-order valence-electron chi connectivity index (χ4n) is 4.31. The molecule has 6 nitrogen and oxygen atoms in total. The second kappa shape index (κ2) is 7.87. The van der Waals surface area contributed by atoms with E-state index in [0.29, 0.717) is 12.4 Å². The van der Waals surface area contributed by atoms with Crippen LogP contribution >= 0.6 is 0 Å². The zero-order valence-corrected chi connectivity index (χ0v) is 17.1. The van der Waals surface area contributed by atoms with Crippen LogP contribution in [0.3, 0.4) is 0 Å². The van der Waals surface area contributed by atoms with Crippen LogP contribution in [-0.4, -0.2) is 31.6 Å². The summed E-state index contributed by atoms with van der Waals surface area (Å²) in [7, 11) is 2.06. The first-order valence-electron chi connectivity index (χ1n) is 10.2. The van der Waals surface area contributed by atoms with Crippen LogP contribution in [0.2, 0.25) is 0 Å². The Morgan fingerprint density at radius 3 is 2.61 bits per heavy atom. The highest BCUT2D eigenvalue weighted by Gasteiger charge is 2.41. The van der Waals surface area contributed by atoms with E-state index in [2.05, 4.69) is 64.8 Å². The van der Waals surface area contributed by atoms with Crippen molar-refractivity contribution in [3.05, 3.63) is 65.3 Å². The fraction of sp³-hybridized carbons (Fsp3) is 0.500. The summed E-state index contributed by atoms with van der Waals surface area (Å²) in [5.41, 5.74) is 2.48. The molecule has 0 saturated heterocycles. The van der Waals surface area contributed by atoms with Gasteiger partial charge in [-0.2, -0.15) is 4.98 Å². The van der Waals surface area contributed by atoms with Crippen molar-refractivity contribution in [2.75, 3.05) is 7.05 Å². The van der Waals surface area contributed by atoms with Crippen molar-refractivity contribution in [3.8, 4) is 0 Å². The molecule has 2 heterocycles. The number of benzene rings is 1. The molecule has 0 unspecified atom stereocenters. The first-order valence-corrected chi connectivity index (χ1v) is 10.2. The summed E-state index contributed by atoms with van der Waals surface area (Å²) in [4.78, 5) is 11.4. The standard InChI is InChI=1S/C22H29N5O/c1-4-27-14-13-23-19(27)15-26(3)16-20-24-21(25-28-20)22(11-5-6-12-22)18-9-7-17(2)8-10-18/h7-10,13-14H,4-6,11-12,15-16H2,1-3H3. The van der Waals surface area contributed by atoms with Crippen LogP contribution in [0.15, 0.2) is 41.2 Å². The van der Waals surface area contributed by atoms with Gasteiger partial charge in [0, 0.05) is 18.9 Å². The summed E-state index contributed by atoms with van der Waals surface area (Å²) in [6.45, 7) is 6.54. The van der Waals surface area contributed by atoms with E-state index in [1.165, 1.54) is 24.0 Å². The highest BCUT2D eigenvalue weighted by molar-refractivity contribution is 5.35. The lowest BCUT2D eigenvalue weighted by atomic mass is 9.78. The van der Waals surface area contributed by atoms with Gasteiger partial charge in [-0.25, -0.2) is 4.98 Å². The lowest BCUT2D eigenvalue weighted by Crippen LogP contribution is -2.25. The molecule has 0 aliphatic heterocycles. The number of hydrogen-bond acceptors (Lipinski definition) is 5. The van der Waals surface area contributed by atoms with Crippen LogP contribution in [0.1, 0.15) is 61.3 Å². The van der Waals surface area contributed by atoms with Gasteiger partial charge in [0.2, 0.25) is 5.89 Å². The largest absolute Gasteiger partial charge is 0.338 e. The summed E-state index contributed by atoms with van der Waals surface area (Å²) >= 11 is 0. The quantitative estimate of drug-likeness (QED) is 0.619. The van der Waals surface area contributed by atoms with E-state index in [-0.39, 0.29) is 5.41 Å². The SMILES string of the molecule is CCn1ccnc1CN(C)Cc1nc(C2(c3ccc(C)cc3)CCCC2)no1. The molecule has 148 valence electrons. The minimum atomic E-state index is -0.105. The molecule has 3 aromatic rings. The van der Waals surface area contributed by atoms with Crippen molar-refractivity contribution in [3.63, 3.8) is 0 Å². The monoisotopic (exact) mass is 379 g/mol. The number of imidazole rings is 1. The molecule has 1 fully saturated rings. The molecule has 1 saturated carbocycles. The lowest BCUT2D eigenvalue weighted by Gasteiger charge is -2.26. The second-order valence-corrected chi connectivity index (χ2v) is 7.97. The molecule has 1 aliphatic carbocycles. The van der Waals surface area contributed by atoms with Crippen LogP contribution in [-0.2, 0) is 25.0 Å². The number of hydrogen-bond donors (Lipinski definition) is 0. The average molecular weight is 380 g/mol. The molecule has 0 spiro atoms. The number of nitrogens with zero attached hydrogens (tertiary/aromatic N) is 5. The van der Waals surface area contributed by atoms with Gasteiger partial charge in [-0.15, -0.1) is 0 Å². The molecule has 0 N–H and O–H groups in total. The fourth-order valence-corrected chi connectivity index (χ4v) is 4.31. The van der Waals surface area contributed by atoms with E-state index < -0.39 is 0 Å². The maximum absolute atomic E-state index is 5.66. The van der Waals surface area contributed by atoms with Crippen LogP contribution in [0.25, 0.3) is 0 Å². The van der Waals surface area contributed by atoms with Crippen molar-refractivity contribution >= 4 is 0 Å². The van der Waals surface area contributed by atoms with Crippen molar-refractivity contribution in [1.29, 1.82) is 0 Å². The van der Waals surface area contributed by atoms with Crippen LogP contribution in [0, 0.1) is 6.92 Å². The molecule has 0 atom stereocenters. The minimum Gasteiger partial charge on any atom is -0.338 e. The summed E-state index contributed by atoms with van der Waals surface area (Å²) in [6, 6.07) is 8.82. The third-order valence-electron chi connectivity index (χ3n) is 5.92. The molecule has 1 aliphatic rings. The topological polar surface area (TPSA) is 60.0 Å². The summed E-state index contributed by atoms with van der Waals surface area (Å²) in [5.74, 6) is 2.56. The van der Waals surface area contributed by atoms with E-state index in [0.717, 1.165) is 37.6 Å². The molecular formula is C22H29N5O. The predicted octanol–water partition coefficient (Wildman–Crippen LogP) is 4.09. The van der Waals surface area contributed by atoms with Crippen LogP contribution < -0.4 is 0 Å². The third kappa shape index (κ3) is 3.61. The summed E-state index contributed by atoms with van der Waals surface area (Å²) in [6.07, 6.45) is 8.44. The molecule has 6 heteroatoms. The Morgan fingerprint density at radius 2 is 1.89 bits per heavy atom.